The fourth-order valence-electron chi connectivity index (χ4n) is 0.929. The quantitative estimate of drug-likeness (QED) is 0.527. The molecule has 4 nitrogen and oxygen atoms in total. The van der Waals surface area contributed by atoms with Crippen LogP contribution in [0.4, 0.5) is 0 Å². The zero-order valence-electron chi connectivity index (χ0n) is 7.90. The van der Waals surface area contributed by atoms with E-state index in [1.807, 2.05) is 6.07 Å². The second-order valence-electron chi connectivity index (χ2n) is 2.70. The molecule has 0 unspecified atom stereocenters. The van der Waals surface area contributed by atoms with Crippen LogP contribution in [0.5, 0.6) is 5.75 Å². The van der Waals surface area contributed by atoms with Crippen molar-refractivity contribution < 1.29 is 14.6 Å². The Morgan fingerprint density at radius 2 is 2.21 bits per heavy atom. The third-order valence-corrected chi connectivity index (χ3v) is 1.65. The van der Waals surface area contributed by atoms with Crippen molar-refractivity contribution in [2.45, 2.75) is 13.8 Å². The van der Waals surface area contributed by atoms with E-state index in [4.69, 9.17) is 10.1 Å². The van der Waals surface area contributed by atoms with E-state index >= 15 is 0 Å². The molecule has 0 saturated heterocycles. The topological polar surface area (TPSA) is 59.3 Å². The molecule has 0 saturated carbocycles. The molecule has 0 aromatic heterocycles. The summed E-state index contributed by atoms with van der Waals surface area (Å²) in [5.74, 6) is -0.161. The van der Waals surface area contributed by atoms with Crippen molar-refractivity contribution in [3.8, 4) is 11.8 Å². The summed E-state index contributed by atoms with van der Waals surface area (Å²) < 4.78 is 0. The van der Waals surface area contributed by atoms with Crippen molar-refractivity contribution in [3.63, 3.8) is 0 Å². The molecule has 1 rings (SSSR count). The lowest BCUT2D eigenvalue weighted by Crippen LogP contribution is -2.04. The Hall–Kier alpha value is -2.02. The molecule has 0 spiro atoms. The third-order valence-electron chi connectivity index (χ3n) is 1.65. The standard InChI is InChI=1S/C10H9NO3/c1-7-9(6-11)4-3-5-10(7)14-13-8(2)12/h3-5H,1-2H3. The first-order valence-corrected chi connectivity index (χ1v) is 4.00. The van der Waals surface area contributed by atoms with Crippen molar-refractivity contribution >= 4 is 5.97 Å². The summed E-state index contributed by atoms with van der Waals surface area (Å²) >= 11 is 0. The Balaban J connectivity index is 2.88. The zero-order chi connectivity index (χ0) is 10.6. The minimum absolute atomic E-state index is 0.374. The molecule has 0 heterocycles. The highest BCUT2D eigenvalue weighted by Gasteiger charge is 2.06. The average molecular weight is 191 g/mol. The number of nitrogens with zero attached hydrogens (tertiary/aromatic N) is 1. The zero-order valence-corrected chi connectivity index (χ0v) is 7.90. The highest BCUT2D eigenvalue weighted by molar-refractivity contribution is 5.65. The molecule has 0 amide bonds. The predicted molar refractivity (Wildman–Crippen MR) is 48.3 cm³/mol. The van der Waals surface area contributed by atoms with Crippen LogP contribution in [0.25, 0.3) is 0 Å². The molecule has 14 heavy (non-hydrogen) atoms. The summed E-state index contributed by atoms with van der Waals surface area (Å²) in [7, 11) is 0. The first kappa shape index (κ1) is 10.1. The van der Waals surface area contributed by atoms with Gasteiger partial charge in [0.25, 0.3) is 0 Å². The highest BCUT2D eigenvalue weighted by atomic mass is 17.2. The lowest BCUT2D eigenvalue weighted by Gasteiger charge is -2.05. The van der Waals surface area contributed by atoms with Crippen molar-refractivity contribution in [1.29, 1.82) is 5.26 Å². The Labute approximate surface area is 81.6 Å². The normalized spacial score (nSPS) is 8.93. The van der Waals surface area contributed by atoms with Gasteiger partial charge in [0.15, 0.2) is 5.75 Å². The number of nitriles is 1. The molecule has 1 aromatic rings. The van der Waals surface area contributed by atoms with Gasteiger partial charge in [-0.2, -0.15) is 5.26 Å². The van der Waals surface area contributed by atoms with Crippen LogP contribution in [-0.4, -0.2) is 5.97 Å². The van der Waals surface area contributed by atoms with Crippen LogP contribution in [0.1, 0.15) is 18.1 Å². The lowest BCUT2D eigenvalue weighted by atomic mass is 10.1. The molecule has 0 bridgehead atoms. The summed E-state index contributed by atoms with van der Waals surface area (Å²) in [6.07, 6.45) is 0. The Bertz CT molecular complexity index is 393. The third kappa shape index (κ3) is 2.23. The molecule has 0 fully saturated rings. The molecule has 0 aliphatic carbocycles. The second kappa shape index (κ2) is 4.28. The summed E-state index contributed by atoms with van der Waals surface area (Å²) in [4.78, 5) is 19.6. The number of hydrogen-bond acceptors (Lipinski definition) is 4. The van der Waals surface area contributed by atoms with Gasteiger partial charge in [0.05, 0.1) is 11.6 Å². The van der Waals surface area contributed by atoms with Crippen LogP contribution < -0.4 is 4.89 Å². The van der Waals surface area contributed by atoms with Gasteiger partial charge in [0.1, 0.15) is 0 Å². The van der Waals surface area contributed by atoms with Gasteiger partial charge in [-0.15, -0.1) is 0 Å². The smallest absolute Gasteiger partial charge is 0.287 e. The Kier molecular flexibility index (Phi) is 3.08. The second-order valence-corrected chi connectivity index (χ2v) is 2.70. The molecule has 0 atom stereocenters. The van der Waals surface area contributed by atoms with Crippen molar-refractivity contribution in [3.05, 3.63) is 29.3 Å². The molecular formula is C10H9NO3. The van der Waals surface area contributed by atoms with Crippen LogP contribution in [0, 0.1) is 18.3 Å². The first-order chi connectivity index (χ1) is 6.65. The minimum Gasteiger partial charge on any atom is -0.287 e. The maximum atomic E-state index is 10.5. The van der Waals surface area contributed by atoms with E-state index < -0.39 is 5.97 Å². The van der Waals surface area contributed by atoms with Crippen molar-refractivity contribution in [2.75, 3.05) is 0 Å². The van der Waals surface area contributed by atoms with Gasteiger partial charge in [0, 0.05) is 12.5 Å². The molecule has 0 N–H and O–H groups in total. The number of carbonyl (C=O) groups excluding carboxylic acids is 1. The van der Waals surface area contributed by atoms with E-state index in [1.54, 1.807) is 25.1 Å². The van der Waals surface area contributed by atoms with E-state index in [9.17, 15) is 4.79 Å². The molecular weight excluding hydrogens is 182 g/mol. The number of carbonyl (C=O) groups is 1. The van der Waals surface area contributed by atoms with Gasteiger partial charge in [-0.1, -0.05) is 6.07 Å². The molecule has 0 aliphatic heterocycles. The van der Waals surface area contributed by atoms with Gasteiger partial charge >= 0.3 is 5.97 Å². The molecule has 1 aromatic carbocycles. The average Bonchev–Trinajstić information content (AvgIpc) is 2.16. The van der Waals surface area contributed by atoms with Crippen LogP contribution in [0.3, 0.4) is 0 Å². The fourth-order valence-corrected chi connectivity index (χ4v) is 0.929. The van der Waals surface area contributed by atoms with Crippen LogP contribution in [0.2, 0.25) is 0 Å². The van der Waals surface area contributed by atoms with Crippen LogP contribution in [0.15, 0.2) is 18.2 Å². The summed E-state index contributed by atoms with van der Waals surface area (Å²) in [5, 5.41) is 8.71. The van der Waals surface area contributed by atoms with Gasteiger partial charge in [-0.25, -0.2) is 4.79 Å². The SMILES string of the molecule is CC(=O)OOc1cccc(C#N)c1C. The Morgan fingerprint density at radius 3 is 2.79 bits per heavy atom. The monoisotopic (exact) mass is 191 g/mol. The maximum absolute atomic E-state index is 10.5. The van der Waals surface area contributed by atoms with Crippen LogP contribution in [-0.2, 0) is 9.68 Å². The van der Waals surface area contributed by atoms with E-state index in [0.717, 1.165) is 0 Å². The number of benzene rings is 1. The summed E-state index contributed by atoms with van der Waals surface area (Å²) in [6.45, 7) is 2.96. The Morgan fingerprint density at radius 1 is 1.50 bits per heavy atom. The van der Waals surface area contributed by atoms with Gasteiger partial charge in [0.2, 0.25) is 0 Å². The van der Waals surface area contributed by atoms with E-state index in [-0.39, 0.29) is 0 Å². The molecule has 4 heteroatoms. The fraction of sp³-hybridized carbons (Fsp3) is 0.200. The van der Waals surface area contributed by atoms with Gasteiger partial charge in [-0.05, 0) is 19.1 Å². The van der Waals surface area contributed by atoms with Gasteiger partial charge in [-0.3, -0.25) is 9.78 Å². The molecule has 0 aliphatic rings. The molecule has 0 radical (unpaired) electrons. The van der Waals surface area contributed by atoms with E-state index in [1.165, 1.54) is 6.92 Å². The summed E-state index contributed by atoms with van der Waals surface area (Å²) in [6, 6.07) is 6.95. The van der Waals surface area contributed by atoms with Crippen molar-refractivity contribution in [2.24, 2.45) is 0 Å². The first-order valence-electron chi connectivity index (χ1n) is 4.00. The van der Waals surface area contributed by atoms with Crippen LogP contribution >= 0.6 is 0 Å². The van der Waals surface area contributed by atoms with E-state index in [2.05, 4.69) is 4.89 Å². The lowest BCUT2D eigenvalue weighted by molar-refractivity contribution is -0.211. The largest absolute Gasteiger partial charge is 0.352 e. The highest BCUT2D eigenvalue weighted by Crippen LogP contribution is 2.20. The molecule has 72 valence electrons. The number of rotatable bonds is 2. The van der Waals surface area contributed by atoms with Gasteiger partial charge < -0.3 is 0 Å². The summed E-state index contributed by atoms with van der Waals surface area (Å²) in [5.41, 5.74) is 1.14. The van der Waals surface area contributed by atoms with Crippen molar-refractivity contribution in [1.82, 2.24) is 0 Å². The van der Waals surface area contributed by atoms with E-state index in [0.29, 0.717) is 16.9 Å². The number of hydrogen-bond donors (Lipinski definition) is 0. The maximum Gasteiger partial charge on any atom is 0.352 e. The predicted octanol–water partition coefficient (Wildman–Crippen LogP) is 1.72. The minimum atomic E-state index is -0.535.